The van der Waals surface area contributed by atoms with Crippen molar-refractivity contribution in [3.63, 3.8) is 0 Å². The largest absolute Gasteiger partial charge is 0.309 e. The smallest absolute Gasteiger partial charge is 0.0714 e. The first kappa shape index (κ1) is 48.4. The lowest BCUT2D eigenvalue weighted by atomic mass is 9.67. The minimum atomic E-state index is -0.657. The van der Waals surface area contributed by atoms with Crippen LogP contribution in [0.5, 0.6) is 0 Å². The number of fused-ring (bicyclic) bond motifs is 6. The van der Waals surface area contributed by atoms with E-state index in [0.717, 1.165) is 5.69 Å². The van der Waals surface area contributed by atoms with Crippen molar-refractivity contribution in [3.8, 4) is 39.1 Å². The molecule has 0 spiro atoms. The van der Waals surface area contributed by atoms with Crippen molar-refractivity contribution < 1.29 is 0 Å². The number of benzene rings is 12. The Hall–Kier alpha value is -8.00. The summed E-state index contributed by atoms with van der Waals surface area (Å²) in [6.45, 7) is 0. The monoisotopic (exact) mass is 1070 g/mol. The normalized spacial score (nSPS) is 12.5. The first-order chi connectivity index (χ1) is 38.7. The van der Waals surface area contributed by atoms with Crippen molar-refractivity contribution in [1.82, 2.24) is 4.57 Å². The van der Waals surface area contributed by atoms with E-state index >= 15 is 0 Å². The minimum Gasteiger partial charge on any atom is -0.309 e. The van der Waals surface area contributed by atoms with Gasteiger partial charge in [0.05, 0.1) is 16.4 Å². The average Bonchev–Trinajstić information content (AvgIpc) is 3.50. The molecule has 370 valence electrons. The van der Waals surface area contributed by atoms with E-state index in [1.165, 1.54) is 108 Å². The predicted octanol–water partition coefficient (Wildman–Crippen LogP) is 18.8. The Bertz CT molecular complexity index is 3970. The van der Waals surface area contributed by atoms with Gasteiger partial charge in [-0.25, -0.2) is 0 Å². The third kappa shape index (κ3) is 8.82. The first-order valence-corrected chi connectivity index (χ1v) is 32.0. The standard InChI is InChI=1S/C73H51NP2S2/c1-7-21-56(22-8-1)73(57-41-48-72-68(51-57)67-33-19-20-34-71(67)74(72)58-23-9-2-10-24-58)69-49-54(52-35-42-63(43-36-52)77-75(59-25-11-3-12-26-59)60-27-13-4-14-28-60)39-46-65(69)66-47-40-55(50-70(66)73)53-37-44-64(45-38-53)78-76(61-29-15-5-16-30-61)62-31-17-6-18-32-62/h1-51H. The van der Waals surface area contributed by atoms with E-state index in [9.17, 15) is 0 Å². The van der Waals surface area contributed by atoms with Crippen LogP contribution in [0.3, 0.4) is 0 Å². The van der Waals surface area contributed by atoms with Crippen LogP contribution in [0.15, 0.2) is 319 Å². The molecule has 13 aromatic rings. The van der Waals surface area contributed by atoms with Gasteiger partial charge in [0.1, 0.15) is 0 Å². The molecule has 1 aliphatic carbocycles. The highest BCUT2D eigenvalue weighted by Crippen LogP contribution is 2.59. The average molecular weight is 1070 g/mol. The highest BCUT2D eigenvalue weighted by molar-refractivity contribution is 8.60. The fourth-order valence-electron chi connectivity index (χ4n) is 11.6. The summed E-state index contributed by atoms with van der Waals surface area (Å²) in [6, 6.07) is 115. The van der Waals surface area contributed by atoms with Crippen LogP contribution in [0.2, 0.25) is 0 Å². The second kappa shape index (κ2) is 21.1. The molecule has 0 fully saturated rings. The molecular weight excluding hydrogens is 1020 g/mol. The van der Waals surface area contributed by atoms with Crippen LogP contribution >= 0.6 is 37.0 Å². The molecule has 0 radical (unpaired) electrons. The Labute approximate surface area is 467 Å². The van der Waals surface area contributed by atoms with Gasteiger partial charge in [0.15, 0.2) is 0 Å². The van der Waals surface area contributed by atoms with Crippen LogP contribution < -0.4 is 21.2 Å². The van der Waals surface area contributed by atoms with Gasteiger partial charge in [0, 0.05) is 40.5 Å². The van der Waals surface area contributed by atoms with Crippen molar-refractivity contribution in [1.29, 1.82) is 0 Å². The molecule has 0 saturated carbocycles. The highest BCUT2D eigenvalue weighted by Gasteiger charge is 2.47. The maximum atomic E-state index is 2.51. The van der Waals surface area contributed by atoms with Gasteiger partial charge in [-0.15, -0.1) is 0 Å². The van der Waals surface area contributed by atoms with Gasteiger partial charge in [-0.05, 0) is 144 Å². The lowest BCUT2D eigenvalue weighted by Gasteiger charge is -2.34. The third-order valence-electron chi connectivity index (χ3n) is 15.2. The maximum absolute atomic E-state index is 2.51. The van der Waals surface area contributed by atoms with Crippen molar-refractivity contribution >= 4 is 80.0 Å². The molecule has 1 aliphatic rings. The van der Waals surface area contributed by atoms with E-state index in [2.05, 4.69) is 314 Å². The number of nitrogens with zero attached hydrogens (tertiary/aromatic N) is 1. The summed E-state index contributed by atoms with van der Waals surface area (Å²) in [7, 11) is -1.30. The molecule has 14 rings (SSSR count). The molecule has 1 nitrogen and oxygen atoms in total. The summed E-state index contributed by atoms with van der Waals surface area (Å²) in [5.41, 5.74) is 15.3. The van der Waals surface area contributed by atoms with Crippen molar-refractivity contribution in [2.45, 2.75) is 15.2 Å². The highest BCUT2D eigenvalue weighted by atomic mass is 32.7. The van der Waals surface area contributed by atoms with Crippen LogP contribution in [0.4, 0.5) is 0 Å². The Morgan fingerprint density at radius 3 is 1.13 bits per heavy atom. The minimum absolute atomic E-state index is 0.650. The topological polar surface area (TPSA) is 4.93 Å². The number of aromatic nitrogens is 1. The molecule has 5 heteroatoms. The van der Waals surface area contributed by atoms with Gasteiger partial charge >= 0.3 is 0 Å². The first-order valence-electron chi connectivity index (χ1n) is 26.5. The number of rotatable bonds is 13. The predicted molar refractivity (Wildman–Crippen MR) is 339 cm³/mol. The van der Waals surface area contributed by atoms with E-state index in [1.807, 2.05) is 22.8 Å². The summed E-state index contributed by atoms with van der Waals surface area (Å²) in [4.78, 5) is 2.53. The fraction of sp³-hybridized carbons (Fsp3) is 0.0137. The summed E-state index contributed by atoms with van der Waals surface area (Å²) < 4.78 is 2.42. The van der Waals surface area contributed by atoms with Gasteiger partial charge < -0.3 is 4.57 Å². The zero-order valence-corrected chi connectivity index (χ0v) is 46.0. The van der Waals surface area contributed by atoms with E-state index < -0.39 is 19.7 Å². The molecule has 12 aromatic carbocycles. The number of hydrogen-bond donors (Lipinski definition) is 0. The van der Waals surface area contributed by atoms with E-state index in [4.69, 9.17) is 0 Å². The van der Waals surface area contributed by atoms with E-state index in [1.54, 1.807) is 0 Å². The molecule has 0 amide bonds. The van der Waals surface area contributed by atoms with Gasteiger partial charge in [-0.3, -0.25) is 0 Å². The van der Waals surface area contributed by atoms with Gasteiger partial charge in [0.25, 0.3) is 0 Å². The molecule has 0 N–H and O–H groups in total. The van der Waals surface area contributed by atoms with E-state index in [0.29, 0.717) is 0 Å². The molecule has 0 atom stereocenters. The second-order valence-electron chi connectivity index (χ2n) is 19.7. The Morgan fingerprint density at radius 1 is 0.282 bits per heavy atom. The van der Waals surface area contributed by atoms with Crippen molar-refractivity contribution in [2.24, 2.45) is 0 Å². The van der Waals surface area contributed by atoms with Gasteiger partial charge in [0.2, 0.25) is 0 Å². The zero-order valence-electron chi connectivity index (χ0n) is 42.6. The summed E-state index contributed by atoms with van der Waals surface area (Å²) >= 11 is 3.94. The van der Waals surface area contributed by atoms with Crippen LogP contribution in [-0.4, -0.2) is 4.57 Å². The molecule has 0 saturated heterocycles. The second-order valence-corrected chi connectivity index (χ2v) is 27.6. The van der Waals surface area contributed by atoms with Gasteiger partial charge in [-0.1, -0.05) is 265 Å². The molecular formula is C73H51NP2S2. The molecule has 78 heavy (non-hydrogen) atoms. The van der Waals surface area contributed by atoms with Crippen molar-refractivity contribution in [2.75, 3.05) is 0 Å². The van der Waals surface area contributed by atoms with Crippen LogP contribution in [0, 0.1) is 0 Å². The van der Waals surface area contributed by atoms with Crippen LogP contribution in [0.25, 0.3) is 60.9 Å². The lowest BCUT2D eigenvalue weighted by Crippen LogP contribution is -2.28. The Kier molecular flexibility index (Phi) is 13.1. The van der Waals surface area contributed by atoms with Crippen LogP contribution in [-0.2, 0) is 5.41 Å². The van der Waals surface area contributed by atoms with Crippen LogP contribution in [0.1, 0.15) is 22.3 Å². The quantitative estimate of drug-likeness (QED) is 0.106. The maximum Gasteiger partial charge on any atom is 0.0714 e. The summed E-state index contributed by atoms with van der Waals surface area (Å²) in [5.74, 6) is 0. The van der Waals surface area contributed by atoms with Gasteiger partial charge in [-0.2, -0.15) is 0 Å². The van der Waals surface area contributed by atoms with Crippen molar-refractivity contribution in [3.05, 3.63) is 332 Å². The fourth-order valence-corrected chi connectivity index (χ4v) is 20.1. The Morgan fingerprint density at radius 2 is 0.667 bits per heavy atom. The molecule has 0 unspecified atom stereocenters. The molecule has 1 heterocycles. The summed E-state index contributed by atoms with van der Waals surface area (Å²) in [5, 5.41) is 7.93. The molecule has 0 aliphatic heterocycles. The zero-order chi connectivity index (χ0) is 51.8. The SMILES string of the molecule is c1ccc(-n2c3ccccc3c3cc(C4(c5ccccc5)c5cc(-c6ccc(SP(c7ccccc7)c7ccccc7)cc6)ccc5-c5ccc(-c6ccc(SP(c7ccccc7)c7ccccc7)cc6)cc54)ccc32)cc1. The molecule has 0 bridgehead atoms. The number of para-hydroxylation sites is 2. The third-order valence-corrected chi connectivity index (χ3v) is 24.5. The van der Waals surface area contributed by atoms with E-state index in [-0.39, 0.29) is 0 Å². The lowest BCUT2D eigenvalue weighted by molar-refractivity contribution is 0.770. The molecule has 1 aromatic heterocycles. The number of hydrogen-bond acceptors (Lipinski definition) is 2. The summed E-state index contributed by atoms with van der Waals surface area (Å²) in [6.07, 6.45) is 0. The Balaban J connectivity index is 0.913.